The molecule has 150 valence electrons. The van der Waals surface area contributed by atoms with Crippen LogP contribution in [0.4, 0.5) is 4.39 Å². The molecule has 6 nitrogen and oxygen atoms in total. The van der Waals surface area contributed by atoms with E-state index >= 15 is 0 Å². The largest absolute Gasteiger partial charge is 0.327 e. The predicted octanol–water partition coefficient (Wildman–Crippen LogP) is 3.49. The van der Waals surface area contributed by atoms with Crippen LogP contribution in [0.1, 0.15) is 48.7 Å². The molecule has 1 atom stereocenters. The number of carbonyl (C=O) groups is 1. The van der Waals surface area contributed by atoms with E-state index in [4.69, 9.17) is 0 Å². The topological polar surface area (TPSA) is 71.0 Å². The van der Waals surface area contributed by atoms with Crippen molar-refractivity contribution in [1.82, 2.24) is 19.4 Å². The smallest absolute Gasteiger partial charge is 0.254 e. The molecule has 1 aliphatic rings. The molecule has 1 aliphatic heterocycles. The molecule has 0 bridgehead atoms. The minimum atomic E-state index is -0.308. The number of amides is 1. The highest BCUT2D eigenvalue weighted by Crippen LogP contribution is 2.48. The fraction of sp³-hybridized carbons (Fsp3) is 0.318. The fourth-order valence-electron chi connectivity index (χ4n) is 4.02. The van der Waals surface area contributed by atoms with E-state index in [0.717, 1.165) is 11.4 Å². The first-order valence-corrected chi connectivity index (χ1v) is 9.63. The van der Waals surface area contributed by atoms with Gasteiger partial charge in [-0.2, -0.15) is 0 Å². The normalized spacial score (nSPS) is 17.8. The molecule has 1 N–H and O–H groups in total. The summed E-state index contributed by atoms with van der Waals surface area (Å²) in [6.07, 6.45) is 4.13. The fourth-order valence-corrected chi connectivity index (χ4v) is 4.02. The van der Waals surface area contributed by atoms with Gasteiger partial charge in [-0.25, -0.2) is 9.37 Å². The van der Waals surface area contributed by atoms with E-state index in [9.17, 15) is 14.0 Å². The van der Waals surface area contributed by atoms with Crippen LogP contribution in [-0.4, -0.2) is 31.9 Å². The van der Waals surface area contributed by atoms with Gasteiger partial charge in [0.25, 0.3) is 5.91 Å². The number of aromatic amines is 1. The number of nitrogens with one attached hydrogen (secondary N) is 1. The molecular formula is C22H23FN4O2. The van der Waals surface area contributed by atoms with E-state index in [-0.39, 0.29) is 28.7 Å². The Morgan fingerprint density at radius 2 is 2.00 bits per heavy atom. The van der Waals surface area contributed by atoms with Crippen LogP contribution in [0, 0.1) is 11.2 Å². The predicted molar refractivity (Wildman–Crippen MR) is 108 cm³/mol. The second-order valence-electron chi connectivity index (χ2n) is 8.07. The third-order valence-electron chi connectivity index (χ3n) is 5.44. The molecule has 29 heavy (non-hydrogen) atoms. The highest BCUT2D eigenvalue weighted by molar-refractivity contribution is 5.95. The lowest BCUT2D eigenvalue weighted by Crippen LogP contribution is -2.58. The number of rotatable bonds is 4. The molecule has 1 unspecified atom stereocenters. The number of nitrogens with zero attached hydrogens (tertiary/aromatic N) is 3. The van der Waals surface area contributed by atoms with Gasteiger partial charge in [-0.1, -0.05) is 20.8 Å². The lowest BCUT2D eigenvalue weighted by Gasteiger charge is -2.53. The Balaban J connectivity index is 1.71. The van der Waals surface area contributed by atoms with Gasteiger partial charge in [0.15, 0.2) is 0 Å². The Morgan fingerprint density at radius 1 is 1.28 bits per heavy atom. The zero-order chi connectivity index (χ0) is 20.8. The maximum absolute atomic E-state index is 13.3. The zero-order valence-corrected chi connectivity index (χ0v) is 16.6. The molecule has 0 saturated carbocycles. The molecule has 0 aliphatic carbocycles. The number of pyridine rings is 1. The third kappa shape index (κ3) is 3.37. The second-order valence-corrected chi connectivity index (χ2v) is 8.07. The molecule has 1 amide bonds. The summed E-state index contributed by atoms with van der Waals surface area (Å²) >= 11 is 0. The number of aryl methyl sites for hydroxylation is 1. The van der Waals surface area contributed by atoms with Crippen LogP contribution < -0.4 is 5.56 Å². The number of carbonyl (C=O) groups excluding carboxylic acids is 1. The van der Waals surface area contributed by atoms with E-state index in [1.165, 1.54) is 18.2 Å². The molecule has 0 radical (unpaired) electrons. The standard InChI is InChI=1S/C22H23FN4O2/c1-4-16-11-14(12-18(28)25-16)21(29)27-13-22(2,3)19(27)20-24-9-10-26(20)17-7-5-15(23)6-8-17/h5-12,19H,4,13H2,1-3H3,(H,25,28). The molecule has 7 heteroatoms. The van der Waals surface area contributed by atoms with Crippen molar-refractivity contribution in [2.24, 2.45) is 5.41 Å². The van der Waals surface area contributed by atoms with Crippen molar-refractivity contribution in [2.45, 2.75) is 33.2 Å². The van der Waals surface area contributed by atoms with Crippen molar-refractivity contribution >= 4 is 5.91 Å². The number of benzene rings is 1. The highest BCUT2D eigenvalue weighted by Gasteiger charge is 2.51. The van der Waals surface area contributed by atoms with Gasteiger partial charge in [0.05, 0.1) is 6.04 Å². The van der Waals surface area contributed by atoms with E-state index in [2.05, 4.69) is 23.8 Å². The Hall–Kier alpha value is -3.22. The quantitative estimate of drug-likeness (QED) is 0.736. The van der Waals surface area contributed by atoms with Crippen molar-refractivity contribution in [3.8, 4) is 5.69 Å². The van der Waals surface area contributed by atoms with Crippen LogP contribution in [0.5, 0.6) is 0 Å². The van der Waals surface area contributed by atoms with Gasteiger partial charge in [0.2, 0.25) is 5.56 Å². The van der Waals surface area contributed by atoms with Gasteiger partial charge >= 0.3 is 0 Å². The Bertz CT molecular complexity index is 1110. The number of hydrogen-bond acceptors (Lipinski definition) is 3. The van der Waals surface area contributed by atoms with Crippen molar-refractivity contribution < 1.29 is 9.18 Å². The van der Waals surface area contributed by atoms with Gasteiger partial charge in [-0.05, 0) is 36.8 Å². The molecule has 1 aromatic carbocycles. The van der Waals surface area contributed by atoms with Crippen molar-refractivity contribution in [1.29, 1.82) is 0 Å². The number of halogens is 1. The molecule has 3 aromatic rings. The summed E-state index contributed by atoms with van der Waals surface area (Å²) in [5, 5.41) is 0. The van der Waals surface area contributed by atoms with Crippen LogP contribution in [0.25, 0.3) is 5.69 Å². The average Bonchev–Trinajstić information content (AvgIpc) is 3.14. The summed E-state index contributed by atoms with van der Waals surface area (Å²) in [6, 6.07) is 8.98. The van der Waals surface area contributed by atoms with E-state index in [1.54, 1.807) is 29.3 Å². The summed E-state index contributed by atoms with van der Waals surface area (Å²) in [7, 11) is 0. The summed E-state index contributed by atoms with van der Waals surface area (Å²) in [4.78, 5) is 34.2. The van der Waals surface area contributed by atoms with Crippen LogP contribution in [0.2, 0.25) is 0 Å². The van der Waals surface area contributed by atoms with Crippen LogP contribution in [0.15, 0.2) is 53.6 Å². The molecular weight excluding hydrogens is 371 g/mol. The molecule has 1 saturated heterocycles. The molecule has 2 aromatic heterocycles. The Labute approximate surface area is 168 Å². The second kappa shape index (κ2) is 6.99. The van der Waals surface area contributed by atoms with Gasteiger partial charge < -0.3 is 14.5 Å². The lowest BCUT2D eigenvalue weighted by molar-refractivity contribution is -0.0370. The van der Waals surface area contributed by atoms with Crippen molar-refractivity contribution in [3.05, 3.63) is 82.0 Å². The van der Waals surface area contributed by atoms with Gasteiger partial charge in [-0.3, -0.25) is 9.59 Å². The molecule has 0 spiro atoms. The van der Waals surface area contributed by atoms with Crippen LogP contribution in [0.3, 0.4) is 0 Å². The zero-order valence-electron chi connectivity index (χ0n) is 16.6. The van der Waals surface area contributed by atoms with Crippen molar-refractivity contribution in [3.63, 3.8) is 0 Å². The van der Waals surface area contributed by atoms with Crippen LogP contribution >= 0.6 is 0 Å². The third-order valence-corrected chi connectivity index (χ3v) is 5.44. The summed E-state index contributed by atoms with van der Waals surface area (Å²) in [5.41, 5.74) is 1.42. The minimum Gasteiger partial charge on any atom is -0.327 e. The Kier molecular flexibility index (Phi) is 4.61. The number of H-pyrrole nitrogens is 1. The summed E-state index contributed by atoms with van der Waals surface area (Å²) in [6.45, 7) is 6.65. The van der Waals surface area contributed by atoms with E-state index in [0.29, 0.717) is 24.4 Å². The molecule has 3 heterocycles. The number of aromatic nitrogens is 3. The van der Waals surface area contributed by atoms with E-state index < -0.39 is 0 Å². The first kappa shape index (κ1) is 19.1. The lowest BCUT2D eigenvalue weighted by atomic mass is 9.74. The number of likely N-dealkylation sites (tertiary alicyclic amines) is 1. The molecule has 1 fully saturated rings. The summed E-state index contributed by atoms with van der Waals surface area (Å²) < 4.78 is 15.2. The van der Waals surface area contributed by atoms with Gasteiger partial charge in [-0.15, -0.1) is 0 Å². The first-order chi connectivity index (χ1) is 13.8. The van der Waals surface area contributed by atoms with Gasteiger partial charge in [0.1, 0.15) is 11.6 Å². The van der Waals surface area contributed by atoms with Crippen LogP contribution in [-0.2, 0) is 6.42 Å². The Morgan fingerprint density at radius 3 is 2.66 bits per heavy atom. The SMILES string of the molecule is CCc1cc(C(=O)N2CC(C)(C)C2c2nccn2-c2ccc(F)cc2)cc(=O)[nH]1. The highest BCUT2D eigenvalue weighted by atomic mass is 19.1. The first-order valence-electron chi connectivity index (χ1n) is 9.63. The average molecular weight is 394 g/mol. The number of imidazole rings is 1. The van der Waals surface area contributed by atoms with Gasteiger partial charge in [0, 0.05) is 47.4 Å². The van der Waals surface area contributed by atoms with E-state index in [1.807, 2.05) is 17.7 Å². The maximum atomic E-state index is 13.3. The maximum Gasteiger partial charge on any atom is 0.254 e. The summed E-state index contributed by atoms with van der Waals surface area (Å²) in [5.74, 6) is 0.211. The monoisotopic (exact) mass is 394 g/mol. The molecule has 4 rings (SSSR count). The number of hydrogen-bond donors (Lipinski definition) is 1. The van der Waals surface area contributed by atoms with Crippen molar-refractivity contribution in [2.75, 3.05) is 6.54 Å². The minimum absolute atomic E-state index is 0.187.